The van der Waals surface area contributed by atoms with Gasteiger partial charge in [0.25, 0.3) is 0 Å². The smallest absolute Gasteiger partial charge is 0.122 e. The van der Waals surface area contributed by atoms with Crippen LogP contribution < -0.4 is 5.32 Å². The Kier molecular flexibility index (Phi) is 5.16. The van der Waals surface area contributed by atoms with Gasteiger partial charge in [0.2, 0.25) is 0 Å². The Morgan fingerprint density at radius 2 is 1.85 bits per heavy atom. The van der Waals surface area contributed by atoms with E-state index in [4.69, 9.17) is 17.0 Å². The zero-order valence-electron chi connectivity index (χ0n) is 8.24. The zero-order chi connectivity index (χ0) is 10.4. The average Bonchev–Trinajstić information content (AvgIpc) is 1.80. The van der Waals surface area contributed by atoms with Crippen LogP contribution >= 0.6 is 11.6 Å². The summed E-state index contributed by atoms with van der Waals surface area (Å²) in [6.45, 7) is 9.24. The van der Waals surface area contributed by atoms with E-state index in [9.17, 15) is 0 Å². The number of hydrogen-bond donors (Lipinski definition) is 2. The molecule has 0 saturated heterocycles. The first-order valence-electron chi connectivity index (χ1n) is 3.95. The van der Waals surface area contributed by atoms with Crippen LogP contribution in [0.25, 0.3) is 0 Å². The summed E-state index contributed by atoms with van der Waals surface area (Å²) < 4.78 is 0. The van der Waals surface area contributed by atoms with Gasteiger partial charge in [0.1, 0.15) is 5.84 Å². The molecule has 0 spiro atoms. The molecule has 0 aliphatic rings. The fourth-order valence-corrected chi connectivity index (χ4v) is 0.972. The highest BCUT2D eigenvalue weighted by Gasteiger charge is 1.92. The summed E-state index contributed by atoms with van der Waals surface area (Å²) in [4.78, 5) is 0. The molecule has 0 aromatic heterocycles. The molecule has 2 nitrogen and oxygen atoms in total. The van der Waals surface area contributed by atoms with E-state index in [2.05, 4.69) is 11.9 Å². The van der Waals surface area contributed by atoms with Crippen LogP contribution in [0.3, 0.4) is 0 Å². The van der Waals surface area contributed by atoms with E-state index in [0.29, 0.717) is 10.9 Å². The quantitative estimate of drug-likeness (QED) is 0.408. The first-order valence-corrected chi connectivity index (χ1v) is 4.33. The Labute approximate surface area is 84.5 Å². The second-order valence-electron chi connectivity index (χ2n) is 3.03. The lowest BCUT2D eigenvalue weighted by atomic mass is 10.3. The summed E-state index contributed by atoms with van der Waals surface area (Å²) in [5, 5.41) is 10.8. The maximum Gasteiger partial charge on any atom is 0.122 e. The molecule has 0 aliphatic carbocycles. The van der Waals surface area contributed by atoms with Gasteiger partial charge < -0.3 is 5.32 Å². The van der Waals surface area contributed by atoms with E-state index in [1.807, 2.05) is 20.8 Å². The van der Waals surface area contributed by atoms with Crippen molar-refractivity contribution in [2.24, 2.45) is 0 Å². The van der Waals surface area contributed by atoms with Gasteiger partial charge in [-0.25, -0.2) is 0 Å². The summed E-state index contributed by atoms with van der Waals surface area (Å²) in [5.41, 5.74) is 1.89. The second kappa shape index (κ2) is 5.60. The van der Waals surface area contributed by atoms with Gasteiger partial charge in [-0.1, -0.05) is 23.8 Å². The highest BCUT2D eigenvalue weighted by molar-refractivity contribution is 6.30. The third kappa shape index (κ3) is 7.34. The number of hydrogen-bond acceptors (Lipinski definition) is 1. The Balaban J connectivity index is 4.23. The first kappa shape index (κ1) is 12.0. The molecule has 3 heteroatoms. The lowest BCUT2D eigenvalue weighted by molar-refractivity contribution is 1.10. The normalized spacial score (nSPS) is 10.6. The van der Waals surface area contributed by atoms with Crippen LogP contribution in [0.5, 0.6) is 0 Å². The molecule has 0 bridgehead atoms. The van der Waals surface area contributed by atoms with Gasteiger partial charge >= 0.3 is 0 Å². The topological polar surface area (TPSA) is 35.9 Å². The molecule has 0 amide bonds. The highest BCUT2D eigenvalue weighted by atomic mass is 35.5. The fourth-order valence-electron chi connectivity index (χ4n) is 0.808. The Morgan fingerprint density at radius 3 is 2.23 bits per heavy atom. The molecule has 0 fully saturated rings. The van der Waals surface area contributed by atoms with Crippen molar-refractivity contribution in [2.75, 3.05) is 0 Å². The van der Waals surface area contributed by atoms with Gasteiger partial charge in [-0.3, -0.25) is 5.41 Å². The molecule has 0 heterocycles. The molecule has 2 N–H and O–H groups in total. The van der Waals surface area contributed by atoms with Crippen LogP contribution in [0, 0.1) is 5.41 Å². The lowest BCUT2D eigenvalue weighted by Crippen LogP contribution is -2.18. The molecule has 0 unspecified atom stereocenters. The van der Waals surface area contributed by atoms with Crippen molar-refractivity contribution in [3.63, 3.8) is 0 Å². The van der Waals surface area contributed by atoms with Crippen LogP contribution in [-0.4, -0.2) is 5.84 Å². The van der Waals surface area contributed by atoms with Crippen LogP contribution in [0.15, 0.2) is 35.0 Å². The molecular formula is C10H15ClN2. The van der Waals surface area contributed by atoms with E-state index in [1.54, 1.807) is 12.2 Å². The summed E-state index contributed by atoms with van der Waals surface area (Å²) in [6, 6.07) is 0. The second-order valence-corrected chi connectivity index (χ2v) is 3.52. The van der Waals surface area contributed by atoms with Gasteiger partial charge in [0.15, 0.2) is 0 Å². The third-order valence-corrected chi connectivity index (χ3v) is 1.25. The van der Waals surface area contributed by atoms with E-state index < -0.39 is 0 Å². The van der Waals surface area contributed by atoms with Crippen LogP contribution in [0.1, 0.15) is 20.8 Å². The van der Waals surface area contributed by atoms with Crippen molar-refractivity contribution >= 4 is 17.4 Å². The minimum Gasteiger partial charge on any atom is -0.345 e. The molecule has 0 radical (unpaired) electrons. The van der Waals surface area contributed by atoms with Gasteiger partial charge in [-0.2, -0.15) is 0 Å². The molecular weight excluding hydrogens is 184 g/mol. The highest BCUT2D eigenvalue weighted by Crippen LogP contribution is 2.01. The molecule has 0 atom stereocenters. The summed E-state index contributed by atoms with van der Waals surface area (Å²) in [5.74, 6) is 0.353. The van der Waals surface area contributed by atoms with Gasteiger partial charge in [0, 0.05) is 10.7 Å². The molecule has 0 aromatic carbocycles. The number of amidine groups is 1. The molecule has 0 saturated carbocycles. The predicted octanol–water partition coefficient (Wildman–Crippen LogP) is 3.18. The van der Waals surface area contributed by atoms with E-state index in [-0.39, 0.29) is 0 Å². The van der Waals surface area contributed by atoms with Crippen molar-refractivity contribution < 1.29 is 0 Å². The number of nitrogens with one attached hydrogen (secondary N) is 2. The van der Waals surface area contributed by atoms with Crippen LogP contribution in [0.4, 0.5) is 0 Å². The number of rotatable bonds is 3. The maximum atomic E-state index is 7.49. The molecule has 0 aliphatic heterocycles. The largest absolute Gasteiger partial charge is 0.345 e. The standard InChI is InChI=1S/C10H15ClN2/c1-7(2)5-10(12)13-9(4)6-8(3)11/h5-6H,3H2,1-2,4H3,(H2,12,13)/b9-6+. The van der Waals surface area contributed by atoms with Crippen molar-refractivity contribution in [1.82, 2.24) is 5.32 Å². The van der Waals surface area contributed by atoms with Crippen molar-refractivity contribution in [2.45, 2.75) is 20.8 Å². The predicted molar refractivity (Wildman–Crippen MR) is 59.0 cm³/mol. The van der Waals surface area contributed by atoms with E-state index >= 15 is 0 Å². The van der Waals surface area contributed by atoms with Gasteiger partial charge in [-0.15, -0.1) is 0 Å². The Hall–Kier alpha value is -1.02. The van der Waals surface area contributed by atoms with E-state index in [1.165, 1.54) is 0 Å². The van der Waals surface area contributed by atoms with Gasteiger partial charge in [0.05, 0.1) is 0 Å². The molecule has 13 heavy (non-hydrogen) atoms. The Morgan fingerprint density at radius 1 is 1.31 bits per heavy atom. The summed E-state index contributed by atoms with van der Waals surface area (Å²) >= 11 is 5.57. The number of halogens is 1. The van der Waals surface area contributed by atoms with Crippen molar-refractivity contribution in [3.05, 3.63) is 35.0 Å². The van der Waals surface area contributed by atoms with Crippen LogP contribution in [0.2, 0.25) is 0 Å². The average molecular weight is 199 g/mol. The van der Waals surface area contributed by atoms with Crippen molar-refractivity contribution in [3.8, 4) is 0 Å². The van der Waals surface area contributed by atoms with Gasteiger partial charge in [-0.05, 0) is 32.9 Å². The van der Waals surface area contributed by atoms with Crippen LogP contribution in [-0.2, 0) is 0 Å². The minimum atomic E-state index is 0.353. The monoisotopic (exact) mass is 198 g/mol. The fraction of sp³-hybridized carbons (Fsp3) is 0.300. The van der Waals surface area contributed by atoms with E-state index in [0.717, 1.165) is 11.3 Å². The Bertz CT molecular complexity index is 271. The lowest BCUT2D eigenvalue weighted by Gasteiger charge is -2.04. The van der Waals surface area contributed by atoms with Crippen molar-refractivity contribution in [1.29, 1.82) is 5.41 Å². The summed E-state index contributed by atoms with van der Waals surface area (Å²) in [6.07, 6.45) is 3.42. The zero-order valence-corrected chi connectivity index (χ0v) is 9.00. The maximum absolute atomic E-state index is 7.49. The SMILES string of the molecule is C=C(Cl)/C=C(\C)NC(=N)C=C(C)C. The number of allylic oxidation sites excluding steroid dienone is 4. The minimum absolute atomic E-state index is 0.353. The third-order valence-electron chi connectivity index (χ3n) is 1.14. The molecule has 0 rings (SSSR count). The first-order chi connectivity index (χ1) is 5.91. The molecule has 0 aromatic rings. The molecule has 72 valence electrons. The summed E-state index contributed by atoms with van der Waals surface area (Å²) in [7, 11) is 0.